The third kappa shape index (κ3) is 2.08. The van der Waals surface area contributed by atoms with Gasteiger partial charge < -0.3 is 0 Å². The minimum Gasteiger partial charge on any atom is -0.0933 e. The summed E-state index contributed by atoms with van der Waals surface area (Å²) < 4.78 is 0. The van der Waals surface area contributed by atoms with Gasteiger partial charge in [0.15, 0.2) is 0 Å². The molecule has 0 aliphatic heterocycles. The Balaban J connectivity index is 2.97. The van der Waals surface area contributed by atoms with Gasteiger partial charge in [0.2, 0.25) is 0 Å². The fraction of sp³-hybridized carbons (Fsp3) is 0.455. The first-order valence-corrected chi connectivity index (χ1v) is 6.05. The topological polar surface area (TPSA) is 0 Å². The van der Waals surface area contributed by atoms with E-state index < -0.39 is 0 Å². The maximum atomic E-state index is 2.25. The van der Waals surface area contributed by atoms with Crippen LogP contribution in [-0.2, 0) is 6.42 Å². The molecule has 1 rings (SSSR count). The van der Waals surface area contributed by atoms with E-state index in [9.17, 15) is 0 Å². The van der Waals surface area contributed by atoms with Crippen molar-refractivity contribution < 1.29 is 0 Å². The van der Waals surface area contributed by atoms with Gasteiger partial charge in [0.25, 0.3) is 0 Å². The van der Waals surface area contributed by atoms with Crippen LogP contribution in [0, 0.1) is 6.92 Å². The monoisotopic (exact) mass is 180 g/mol. The summed E-state index contributed by atoms with van der Waals surface area (Å²) >= 11 is 0. The molecule has 0 saturated heterocycles. The van der Waals surface area contributed by atoms with Gasteiger partial charge in [-0.2, -0.15) is 0 Å². The van der Waals surface area contributed by atoms with Crippen molar-refractivity contribution in [2.45, 2.75) is 26.7 Å². The second kappa shape index (κ2) is 4.62. The zero-order chi connectivity index (χ0) is 8.97. The van der Waals surface area contributed by atoms with Gasteiger partial charge >= 0.3 is 0 Å². The van der Waals surface area contributed by atoms with Gasteiger partial charge in [-0.25, -0.2) is 0 Å². The summed E-state index contributed by atoms with van der Waals surface area (Å²) in [6.45, 7) is 6.73. The molecule has 1 atom stereocenters. The molecule has 1 heteroatoms. The van der Waals surface area contributed by atoms with Crippen LogP contribution in [0.25, 0.3) is 0 Å². The van der Waals surface area contributed by atoms with Crippen LogP contribution in [0.15, 0.2) is 18.2 Å². The summed E-state index contributed by atoms with van der Waals surface area (Å²) in [4.78, 5) is 0. The molecule has 0 nitrogen and oxygen atoms in total. The second-order valence-corrected chi connectivity index (χ2v) is 4.13. The Morgan fingerprint density at radius 3 is 2.67 bits per heavy atom. The highest BCUT2D eigenvalue weighted by Gasteiger charge is 2.00. The Morgan fingerprint density at radius 1 is 1.33 bits per heavy atom. The van der Waals surface area contributed by atoms with Gasteiger partial charge in [0, 0.05) is 0 Å². The fourth-order valence-electron chi connectivity index (χ4n) is 1.49. The van der Waals surface area contributed by atoms with Gasteiger partial charge in [0.05, 0.1) is 0 Å². The highest BCUT2D eigenvalue weighted by atomic mass is 31.1. The van der Waals surface area contributed by atoms with E-state index >= 15 is 0 Å². The zero-order valence-corrected chi connectivity index (χ0v) is 9.15. The second-order valence-electron chi connectivity index (χ2n) is 3.09. The van der Waals surface area contributed by atoms with Crippen molar-refractivity contribution in [1.29, 1.82) is 0 Å². The molecule has 0 aliphatic carbocycles. The molecule has 1 unspecified atom stereocenters. The van der Waals surface area contributed by atoms with E-state index in [4.69, 9.17) is 0 Å². The SMILES string of the molecule is CCCc1cccc(PC)c1C. The third-order valence-corrected chi connectivity index (χ3v) is 3.31. The molecule has 0 saturated carbocycles. The largest absolute Gasteiger partial charge is 0.0933 e. The summed E-state index contributed by atoms with van der Waals surface area (Å²) in [5.74, 6) is 0. The van der Waals surface area contributed by atoms with Crippen LogP contribution in [0.4, 0.5) is 0 Å². The fourth-order valence-corrected chi connectivity index (χ4v) is 2.29. The number of aryl methyl sites for hydroxylation is 1. The summed E-state index contributed by atoms with van der Waals surface area (Å²) in [5, 5.41) is 1.53. The Kier molecular flexibility index (Phi) is 3.75. The molecule has 66 valence electrons. The molecule has 1 aromatic carbocycles. The standard InChI is InChI=1S/C11H17P/c1-4-6-10-7-5-8-11(12-3)9(10)2/h5,7-8,12H,4,6H2,1-3H3. The number of hydrogen-bond donors (Lipinski definition) is 0. The third-order valence-electron chi connectivity index (χ3n) is 2.23. The van der Waals surface area contributed by atoms with E-state index in [1.54, 1.807) is 0 Å². The average Bonchev–Trinajstić information content (AvgIpc) is 2.09. The van der Waals surface area contributed by atoms with Crippen LogP contribution in [0.2, 0.25) is 0 Å². The normalized spacial score (nSPS) is 11.2. The number of hydrogen-bond acceptors (Lipinski definition) is 0. The summed E-state index contributed by atoms with van der Waals surface area (Å²) in [6.07, 6.45) is 2.47. The molecule has 0 heterocycles. The Labute approximate surface area is 77.2 Å². The molecular formula is C11H17P. The van der Waals surface area contributed by atoms with Crippen molar-refractivity contribution in [3.63, 3.8) is 0 Å². The maximum absolute atomic E-state index is 2.25. The summed E-state index contributed by atoms with van der Waals surface area (Å²) in [7, 11) is 0.930. The van der Waals surface area contributed by atoms with Crippen LogP contribution in [0.5, 0.6) is 0 Å². The van der Waals surface area contributed by atoms with E-state index in [1.165, 1.54) is 29.3 Å². The molecule has 0 bridgehead atoms. The van der Waals surface area contributed by atoms with Crippen LogP contribution >= 0.6 is 8.58 Å². The van der Waals surface area contributed by atoms with Gasteiger partial charge in [-0.1, -0.05) is 40.1 Å². The molecule has 1 aromatic rings. The highest BCUT2D eigenvalue weighted by Crippen LogP contribution is 2.14. The van der Waals surface area contributed by atoms with Crippen molar-refractivity contribution in [3.05, 3.63) is 29.3 Å². The van der Waals surface area contributed by atoms with E-state index in [-0.39, 0.29) is 0 Å². The van der Waals surface area contributed by atoms with Crippen molar-refractivity contribution >= 4 is 13.9 Å². The first-order chi connectivity index (χ1) is 5.79. The lowest BCUT2D eigenvalue weighted by Crippen LogP contribution is -2.03. The van der Waals surface area contributed by atoms with Crippen LogP contribution < -0.4 is 5.30 Å². The van der Waals surface area contributed by atoms with E-state index in [0.717, 1.165) is 8.58 Å². The van der Waals surface area contributed by atoms with E-state index in [1.807, 2.05) is 0 Å². The number of benzene rings is 1. The summed E-state index contributed by atoms with van der Waals surface area (Å²) in [5.41, 5.74) is 3.05. The van der Waals surface area contributed by atoms with E-state index in [0.29, 0.717) is 0 Å². The molecular weight excluding hydrogens is 163 g/mol. The molecule has 0 amide bonds. The van der Waals surface area contributed by atoms with Gasteiger partial charge in [-0.05, 0) is 36.4 Å². The van der Waals surface area contributed by atoms with Crippen LogP contribution in [0.3, 0.4) is 0 Å². The van der Waals surface area contributed by atoms with Crippen molar-refractivity contribution in [2.75, 3.05) is 6.66 Å². The Hall–Kier alpha value is -0.350. The highest BCUT2D eigenvalue weighted by molar-refractivity contribution is 7.46. The molecule has 0 spiro atoms. The van der Waals surface area contributed by atoms with Crippen LogP contribution in [-0.4, -0.2) is 6.66 Å². The van der Waals surface area contributed by atoms with Gasteiger partial charge in [-0.15, -0.1) is 0 Å². The molecule has 0 aromatic heterocycles. The first kappa shape index (κ1) is 9.74. The summed E-state index contributed by atoms with van der Waals surface area (Å²) in [6, 6.07) is 6.68. The van der Waals surface area contributed by atoms with Crippen molar-refractivity contribution in [3.8, 4) is 0 Å². The molecule has 12 heavy (non-hydrogen) atoms. The van der Waals surface area contributed by atoms with Crippen molar-refractivity contribution in [1.82, 2.24) is 0 Å². The smallest absolute Gasteiger partial charge is 0.0242 e. The zero-order valence-electron chi connectivity index (χ0n) is 8.15. The first-order valence-electron chi connectivity index (χ1n) is 4.55. The average molecular weight is 180 g/mol. The lowest BCUT2D eigenvalue weighted by Gasteiger charge is -2.08. The molecule has 0 aliphatic rings. The lowest BCUT2D eigenvalue weighted by molar-refractivity contribution is 0.914. The lowest BCUT2D eigenvalue weighted by atomic mass is 10.0. The maximum Gasteiger partial charge on any atom is -0.0242 e. The quantitative estimate of drug-likeness (QED) is 0.627. The predicted molar refractivity (Wildman–Crippen MR) is 59.0 cm³/mol. The van der Waals surface area contributed by atoms with Crippen LogP contribution in [0.1, 0.15) is 24.5 Å². The van der Waals surface area contributed by atoms with Gasteiger partial charge in [0.1, 0.15) is 0 Å². The number of rotatable bonds is 3. The minimum atomic E-state index is 0.930. The van der Waals surface area contributed by atoms with Gasteiger partial charge in [-0.3, -0.25) is 0 Å². The Morgan fingerprint density at radius 2 is 2.08 bits per heavy atom. The molecule has 0 N–H and O–H groups in total. The molecule has 0 radical (unpaired) electrons. The Bertz CT molecular complexity index is 253. The molecule has 0 fully saturated rings. The van der Waals surface area contributed by atoms with E-state index in [2.05, 4.69) is 38.7 Å². The minimum absolute atomic E-state index is 0.930. The predicted octanol–water partition coefficient (Wildman–Crippen LogP) is 2.88. The van der Waals surface area contributed by atoms with Crippen molar-refractivity contribution in [2.24, 2.45) is 0 Å².